The number of nitrogens with zero attached hydrogens (tertiary/aromatic N) is 6. The molecule has 0 spiro atoms. The monoisotopic (exact) mass is 558 g/mol. The number of hydrogen-bond acceptors (Lipinski definition) is 4. The molecule has 0 saturated heterocycles. The van der Waals surface area contributed by atoms with Crippen LogP contribution in [0.25, 0.3) is 32.0 Å². The molecule has 0 saturated carbocycles. The Morgan fingerprint density at radius 2 is 0.833 bits per heavy atom. The average molecular weight is 559 g/mol. The van der Waals surface area contributed by atoms with E-state index in [1.807, 2.05) is 36.4 Å². The first-order valence-corrected chi connectivity index (χ1v) is 14.1. The molecule has 0 heterocycles. The van der Waals surface area contributed by atoms with E-state index in [0.29, 0.717) is 26.3 Å². The molecule has 8 heteroatoms. The van der Waals surface area contributed by atoms with Crippen molar-refractivity contribution in [2.45, 2.75) is 25.7 Å². The van der Waals surface area contributed by atoms with Gasteiger partial charge in [0.25, 0.3) is 0 Å². The molecule has 0 amide bonds. The Hall–Kier alpha value is -5.16. The highest BCUT2D eigenvalue weighted by molar-refractivity contribution is 6.04. The van der Waals surface area contributed by atoms with Gasteiger partial charge >= 0.3 is 0 Å². The summed E-state index contributed by atoms with van der Waals surface area (Å²) in [7, 11) is 0. The van der Waals surface area contributed by atoms with Crippen LogP contribution in [0.5, 0.6) is 11.5 Å². The quantitative estimate of drug-likeness (QED) is 0.0447. The maximum absolute atomic E-state index is 8.42. The summed E-state index contributed by atoms with van der Waals surface area (Å²) in [5.41, 5.74) is 23.5. The van der Waals surface area contributed by atoms with E-state index in [-0.39, 0.29) is 0 Å². The van der Waals surface area contributed by atoms with Crippen LogP contribution in [0.1, 0.15) is 47.9 Å². The molecule has 0 radical (unpaired) electrons. The van der Waals surface area contributed by atoms with E-state index >= 15 is 0 Å². The Balaban J connectivity index is 1.65. The summed E-state index contributed by atoms with van der Waals surface area (Å²) < 4.78 is 11.9. The molecule has 0 aliphatic heterocycles. The number of unbranched alkanes of at least 4 members (excludes halogenated alkanes) is 2. The molecule has 0 unspecified atom stereocenters. The molecule has 4 aromatic carbocycles. The van der Waals surface area contributed by atoms with Crippen molar-refractivity contribution in [1.29, 1.82) is 0 Å². The van der Waals surface area contributed by atoms with Crippen LogP contribution in [-0.4, -0.2) is 26.3 Å². The van der Waals surface area contributed by atoms with Crippen LogP contribution in [0.2, 0.25) is 0 Å². The fourth-order valence-corrected chi connectivity index (χ4v) is 4.59. The van der Waals surface area contributed by atoms with E-state index in [9.17, 15) is 0 Å². The van der Waals surface area contributed by atoms with Gasteiger partial charge in [0.1, 0.15) is 11.5 Å². The van der Waals surface area contributed by atoms with E-state index in [4.69, 9.17) is 20.5 Å². The van der Waals surface area contributed by atoms with Crippen molar-refractivity contribution in [2.24, 2.45) is 10.2 Å². The number of ether oxygens (including phenoxy) is 2. The highest BCUT2D eigenvalue weighted by Gasteiger charge is 2.16. The Kier molecular flexibility index (Phi) is 11.9. The third-order valence-corrected chi connectivity index (χ3v) is 6.63. The Bertz CT molecular complexity index is 1390. The summed E-state index contributed by atoms with van der Waals surface area (Å²) in [5, 5.41) is 7.15. The zero-order valence-corrected chi connectivity index (χ0v) is 23.5. The van der Waals surface area contributed by atoms with Gasteiger partial charge in [0.05, 0.1) is 13.2 Å². The topological polar surface area (TPSA) is 116 Å². The van der Waals surface area contributed by atoms with Crippen molar-refractivity contribution in [2.75, 3.05) is 26.3 Å². The van der Waals surface area contributed by atoms with Gasteiger partial charge in [0, 0.05) is 22.9 Å². The standard InChI is InChI=1S/C34H34N6O2/c35-39-37-23-7-9-25-41-31-19-15-29(16-20-31)33(27-11-3-1-4-12-27)34(28-13-5-2-6-14-28)30-17-21-32(22-18-30)42-26-10-8-24-38-40-36/h1-6,11-22H,7-10,23-26H2/b34-33+. The second kappa shape index (κ2) is 16.8. The average Bonchev–Trinajstić information content (AvgIpc) is 3.05. The van der Waals surface area contributed by atoms with Gasteiger partial charge < -0.3 is 9.47 Å². The van der Waals surface area contributed by atoms with Gasteiger partial charge in [-0.15, -0.1) is 0 Å². The van der Waals surface area contributed by atoms with Gasteiger partial charge in [-0.1, -0.05) is 95.2 Å². The normalized spacial score (nSPS) is 11.0. The second-order valence-electron chi connectivity index (χ2n) is 9.55. The summed E-state index contributed by atoms with van der Waals surface area (Å²) in [5.74, 6) is 1.61. The maximum atomic E-state index is 8.42. The molecule has 0 bridgehead atoms. The van der Waals surface area contributed by atoms with Crippen LogP contribution in [0.4, 0.5) is 0 Å². The first kappa shape index (κ1) is 29.8. The molecule has 0 aliphatic carbocycles. The van der Waals surface area contributed by atoms with Gasteiger partial charge in [0.2, 0.25) is 0 Å². The minimum absolute atomic E-state index is 0.484. The zero-order chi connectivity index (χ0) is 29.2. The Morgan fingerprint density at radius 3 is 1.19 bits per heavy atom. The van der Waals surface area contributed by atoms with Gasteiger partial charge in [-0.05, 0) is 94.4 Å². The molecule has 0 aliphatic rings. The summed E-state index contributed by atoms with van der Waals surface area (Å²) in [4.78, 5) is 5.58. The highest BCUT2D eigenvalue weighted by atomic mass is 16.5. The molecule has 4 aromatic rings. The first-order valence-electron chi connectivity index (χ1n) is 14.1. The molecular formula is C34H34N6O2. The number of benzene rings is 4. The smallest absolute Gasteiger partial charge is 0.119 e. The van der Waals surface area contributed by atoms with Crippen molar-refractivity contribution in [3.05, 3.63) is 152 Å². The zero-order valence-electron chi connectivity index (χ0n) is 23.5. The minimum Gasteiger partial charge on any atom is -0.494 e. The van der Waals surface area contributed by atoms with Crippen LogP contribution < -0.4 is 9.47 Å². The lowest BCUT2D eigenvalue weighted by Crippen LogP contribution is -2.00. The van der Waals surface area contributed by atoms with Crippen LogP contribution in [0.3, 0.4) is 0 Å². The summed E-state index contributed by atoms with van der Waals surface area (Å²) in [6, 6.07) is 37.3. The van der Waals surface area contributed by atoms with Gasteiger partial charge in [-0.25, -0.2) is 0 Å². The molecule has 0 atom stereocenters. The second-order valence-corrected chi connectivity index (χ2v) is 9.55. The number of azide groups is 2. The Morgan fingerprint density at radius 1 is 0.476 bits per heavy atom. The lowest BCUT2D eigenvalue weighted by atomic mass is 9.86. The molecule has 0 aromatic heterocycles. The fourth-order valence-electron chi connectivity index (χ4n) is 4.59. The maximum Gasteiger partial charge on any atom is 0.119 e. The highest BCUT2D eigenvalue weighted by Crippen LogP contribution is 2.37. The van der Waals surface area contributed by atoms with Crippen molar-refractivity contribution in [3.63, 3.8) is 0 Å². The van der Waals surface area contributed by atoms with Gasteiger partial charge in [0.15, 0.2) is 0 Å². The first-order chi connectivity index (χ1) is 20.8. The lowest BCUT2D eigenvalue weighted by molar-refractivity contribution is 0.307. The lowest BCUT2D eigenvalue weighted by Gasteiger charge is -2.19. The van der Waals surface area contributed by atoms with Gasteiger partial charge in [-0.3, -0.25) is 0 Å². The SMILES string of the molecule is [N-]=[N+]=NCCCCOc1ccc(/C(=C(\c2ccccc2)c2ccc(OCCCCN=[N+]=[N-])cc2)c2ccccc2)cc1. The van der Waals surface area contributed by atoms with Crippen LogP contribution in [0, 0.1) is 0 Å². The van der Waals surface area contributed by atoms with Crippen LogP contribution >= 0.6 is 0 Å². The molecule has 212 valence electrons. The van der Waals surface area contributed by atoms with Crippen LogP contribution in [-0.2, 0) is 0 Å². The van der Waals surface area contributed by atoms with Crippen LogP contribution in [0.15, 0.2) is 119 Å². The molecule has 42 heavy (non-hydrogen) atoms. The van der Waals surface area contributed by atoms with Crippen molar-refractivity contribution in [1.82, 2.24) is 0 Å². The minimum atomic E-state index is 0.484. The van der Waals surface area contributed by atoms with Gasteiger partial charge in [-0.2, -0.15) is 0 Å². The van der Waals surface area contributed by atoms with Crippen molar-refractivity contribution in [3.8, 4) is 11.5 Å². The third kappa shape index (κ3) is 8.93. The Labute approximate surface area is 246 Å². The van der Waals surface area contributed by atoms with E-state index in [1.54, 1.807) is 0 Å². The molecule has 0 N–H and O–H groups in total. The van der Waals surface area contributed by atoms with E-state index in [1.165, 1.54) is 0 Å². The van der Waals surface area contributed by atoms with Crippen molar-refractivity contribution >= 4 is 11.1 Å². The molecule has 8 nitrogen and oxygen atoms in total. The van der Waals surface area contributed by atoms with Crippen molar-refractivity contribution < 1.29 is 9.47 Å². The van der Waals surface area contributed by atoms with E-state index in [0.717, 1.165) is 70.6 Å². The number of rotatable bonds is 16. The predicted octanol–water partition coefficient (Wildman–Crippen LogP) is 9.63. The summed E-state index contributed by atoms with van der Waals surface area (Å²) in [6.07, 6.45) is 3.24. The fraction of sp³-hybridized carbons (Fsp3) is 0.235. The summed E-state index contributed by atoms with van der Waals surface area (Å²) in [6.45, 7) is 2.11. The largest absolute Gasteiger partial charge is 0.494 e. The third-order valence-electron chi connectivity index (χ3n) is 6.63. The van der Waals surface area contributed by atoms with E-state index < -0.39 is 0 Å². The molecule has 4 rings (SSSR count). The molecule has 0 fully saturated rings. The molecular weight excluding hydrogens is 524 g/mol. The predicted molar refractivity (Wildman–Crippen MR) is 168 cm³/mol. The van der Waals surface area contributed by atoms with E-state index in [2.05, 4.69) is 92.8 Å². The number of hydrogen-bond donors (Lipinski definition) is 0. The summed E-state index contributed by atoms with van der Waals surface area (Å²) >= 11 is 0.